The van der Waals surface area contributed by atoms with Gasteiger partial charge in [0.15, 0.2) is 0 Å². The molecule has 0 bridgehead atoms. The van der Waals surface area contributed by atoms with Crippen LogP contribution in [0.2, 0.25) is 0 Å². The van der Waals surface area contributed by atoms with Crippen LogP contribution in [0.5, 0.6) is 0 Å². The van der Waals surface area contributed by atoms with Gasteiger partial charge in [-0.25, -0.2) is 0 Å². The van der Waals surface area contributed by atoms with Crippen LogP contribution < -0.4 is 10.9 Å². The van der Waals surface area contributed by atoms with Crippen molar-refractivity contribution in [3.63, 3.8) is 0 Å². The molecule has 6 heteroatoms. The third kappa shape index (κ3) is 3.71. The van der Waals surface area contributed by atoms with Crippen molar-refractivity contribution in [1.29, 1.82) is 0 Å². The first kappa shape index (κ1) is 15.7. The number of nitrogens with one attached hydrogen (secondary N) is 2. The molecule has 0 saturated heterocycles. The molecule has 0 atom stereocenters. The Morgan fingerprint density at radius 2 is 1.86 bits per heavy atom. The standard InChI is InChI=1S/C15H15BrN2O2S/c1-3-10-8-13(21-9(10)2)15(20)18-17-14(19)11-6-4-5-7-12(11)16/h4-8H,3H2,1-2H3,(H,17,19)(H,18,20). The monoisotopic (exact) mass is 366 g/mol. The van der Waals surface area contributed by atoms with Crippen LogP contribution in [0.3, 0.4) is 0 Å². The molecule has 1 aromatic carbocycles. The highest BCUT2D eigenvalue weighted by atomic mass is 79.9. The maximum absolute atomic E-state index is 12.0. The minimum absolute atomic E-state index is 0.303. The van der Waals surface area contributed by atoms with Gasteiger partial charge in [0.2, 0.25) is 0 Å². The molecule has 4 nitrogen and oxygen atoms in total. The van der Waals surface area contributed by atoms with Crippen LogP contribution in [0.15, 0.2) is 34.8 Å². The minimum atomic E-state index is -0.361. The van der Waals surface area contributed by atoms with Gasteiger partial charge in [-0.15, -0.1) is 11.3 Å². The number of thiophene rings is 1. The Kier molecular flexibility index (Phi) is 5.14. The summed E-state index contributed by atoms with van der Waals surface area (Å²) in [6, 6.07) is 8.89. The van der Waals surface area contributed by atoms with Gasteiger partial charge in [0.1, 0.15) is 0 Å². The van der Waals surface area contributed by atoms with Gasteiger partial charge in [0, 0.05) is 9.35 Å². The molecule has 2 rings (SSSR count). The lowest BCUT2D eigenvalue weighted by Gasteiger charge is -2.07. The van der Waals surface area contributed by atoms with Crippen LogP contribution in [0.25, 0.3) is 0 Å². The fourth-order valence-electron chi connectivity index (χ4n) is 1.87. The Balaban J connectivity index is 2.01. The molecule has 21 heavy (non-hydrogen) atoms. The molecule has 0 aliphatic heterocycles. The third-order valence-corrected chi connectivity index (χ3v) is 4.82. The minimum Gasteiger partial charge on any atom is -0.267 e. The van der Waals surface area contributed by atoms with Crippen molar-refractivity contribution in [1.82, 2.24) is 10.9 Å². The smallest absolute Gasteiger partial charge is 0.267 e. The Morgan fingerprint density at radius 3 is 2.48 bits per heavy atom. The quantitative estimate of drug-likeness (QED) is 0.817. The highest BCUT2D eigenvalue weighted by Crippen LogP contribution is 2.21. The fourth-order valence-corrected chi connectivity index (χ4v) is 3.34. The number of carbonyl (C=O) groups excluding carboxylic acids is 2. The molecular formula is C15H15BrN2O2S. The molecule has 0 radical (unpaired) electrons. The van der Waals surface area contributed by atoms with E-state index in [2.05, 4.69) is 26.8 Å². The summed E-state index contributed by atoms with van der Waals surface area (Å²) in [5.41, 5.74) is 6.49. The topological polar surface area (TPSA) is 58.2 Å². The predicted molar refractivity (Wildman–Crippen MR) is 87.5 cm³/mol. The molecule has 2 amide bonds. The molecule has 0 fully saturated rings. The summed E-state index contributed by atoms with van der Waals surface area (Å²) in [7, 11) is 0. The Bertz CT molecular complexity index is 682. The van der Waals surface area contributed by atoms with E-state index < -0.39 is 0 Å². The lowest BCUT2D eigenvalue weighted by atomic mass is 10.2. The SMILES string of the molecule is CCc1cc(C(=O)NNC(=O)c2ccccc2Br)sc1C. The van der Waals surface area contributed by atoms with Crippen molar-refractivity contribution in [3.05, 3.63) is 55.7 Å². The average Bonchev–Trinajstić information content (AvgIpc) is 2.86. The summed E-state index contributed by atoms with van der Waals surface area (Å²) in [5, 5.41) is 0. The molecule has 2 aromatic rings. The van der Waals surface area contributed by atoms with E-state index in [0.717, 1.165) is 16.9 Å². The van der Waals surface area contributed by atoms with Crippen molar-refractivity contribution >= 4 is 39.1 Å². The molecule has 110 valence electrons. The maximum Gasteiger partial charge on any atom is 0.279 e. The van der Waals surface area contributed by atoms with E-state index in [1.54, 1.807) is 18.2 Å². The Labute approximate surface area is 135 Å². The summed E-state index contributed by atoms with van der Waals surface area (Å²) >= 11 is 4.72. The highest BCUT2D eigenvalue weighted by molar-refractivity contribution is 9.10. The number of rotatable bonds is 3. The van der Waals surface area contributed by atoms with E-state index in [1.807, 2.05) is 26.0 Å². The van der Waals surface area contributed by atoms with Crippen molar-refractivity contribution in [2.75, 3.05) is 0 Å². The number of hydrogen-bond acceptors (Lipinski definition) is 3. The number of halogens is 1. The van der Waals surface area contributed by atoms with E-state index in [9.17, 15) is 9.59 Å². The zero-order valence-corrected chi connectivity index (χ0v) is 14.1. The zero-order valence-electron chi connectivity index (χ0n) is 11.7. The largest absolute Gasteiger partial charge is 0.279 e. The van der Waals surface area contributed by atoms with Crippen LogP contribution >= 0.6 is 27.3 Å². The lowest BCUT2D eigenvalue weighted by molar-refractivity contribution is 0.0848. The predicted octanol–water partition coefficient (Wildman–Crippen LogP) is 3.46. The van der Waals surface area contributed by atoms with Gasteiger partial charge in [0.25, 0.3) is 11.8 Å². The molecular weight excluding hydrogens is 352 g/mol. The number of benzene rings is 1. The van der Waals surface area contributed by atoms with Crippen molar-refractivity contribution in [3.8, 4) is 0 Å². The van der Waals surface area contributed by atoms with Crippen LogP contribution in [-0.4, -0.2) is 11.8 Å². The van der Waals surface area contributed by atoms with Crippen molar-refractivity contribution in [2.45, 2.75) is 20.3 Å². The van der Waals surface area contributed by atoms with Gasteiger partial charge in [0.05, 0.1) is 10.4 Å². The van der Waals surface area contributed by atoms with Gasteiger partial charge < -0.3 is 0 Å². The summed E-state index contributed by atoms with van der Waals surface area (Å²) in [6.07, 6.45) is 0.888. The van der Waals surface area contributed by atoms with E-state index >= 15 is 0 Å². The molecule has 0 saturated carbocycles. The van der Waals surface area contributed by atoms with Gasteiger partial charge in [-0.1, -0.05) is 19.1 Å². The summed E-state index contributed by atoms with van der Waals surface area (Å²) in [4.78, 5) is 25.7. The molecule has 0 aliphatic carbocycles. The normalized spacial score (nSPS) is 10.2. The molecule has 0 unspecified atom stereocenters. The zero-order chi connectivity index (χ0) is 15.4. The van der Waals surface area contributed by atoms with Crippen LogP contribution in [0.1, 0.15) is 37.4 Å². The van der Waals surface area contributed by atoms with Crippen LogP contribution in [0, 0.1) is 6.92 Å². The van der Waals surface area contributed by atoms with Crippen molar-refractivity contribution in [2.24, 2.45) is 0 Å². The lowest BCUT2D eigenvalue weighted by Crippen LogP contribution is -2.41. The number of amides is 2. The first-order valence-corrected chi connectivity index (χ1v) is 8.08. The van der Waals surface area contributed by atoms with Crippen LogP contribution in [0.4, 0.5) is 0 Å². The summed E-state index contributed by atoms with van der Waals surface area (Å²) < 4.78 is 0.678. The highest BCUT2D eigenvalue weighted by Gasteiger charge is 2.14. The van der Waals surface area contributed by atoms with Crippen LogP contribution in [-0.2, 0) is 6.42 Å². The van der Waals surface area contributed by atoms with E-state index in [4.69, 9.17) is 0 Å². The Hall–Kier alpha value is -1.66. The third-order valence-electron chi connectivity index (χ3n) is 3.03. The fraction of sp³-hybridized carbons (Fsp3) is 0.200. The van der Waals surface area contributed by atoms with Gasteiger partial charge >= 0.3 is 0 Å². The number of carbonyl (C=O) groups is 2. The second-order valence-corrected chi connectivity index (χ2v) is 6.54. The number of aryl methyl sites for hydroxylation is 2. The second-order valence-electron chi connectivity index (χ2n) is 4.43. The number of hydrazine groups is 1. The van der Waals surface area contributed by atoms with Crippen molar-refractivity contribution < 1.29 is 9.59 Å². The molecule has 1 aromatic heterocycles. The summed E-state index contributed by atoms with van der Waals surface area (Å²) in [5.74, 6) is -0.664. The summed E-state index contributed by atoms with van der Waals surface area (Å²) in [6.45, 7) is 4.03. The molecule has 1 heterocycles. The van der Waals surface area contributed by atoms with Gasteiger partial charge in [-0.3, -0.25) is 20.4 Å². The maximum atomic E-state index is 12.0. The number of hydrogen-bond donors (Lipinski definition) is 2. The Morgan fingerprint density at radius 1 is 1.19 bits per heavy atom. The molecule has 0 spiro atoms. The van der Waals surface area contributed by atoms with E-state index in [-0.39, 0.29) is 11.8 Å². The first-order chi connectivity index (χ1) is 10.0. The average molecular weight is 367 g/mol. The first-order valence-electron chi connectivity index (χ1n) is 6.47. The molecule has 0 aliphatic rings. The second kappa shape index (κ2) is 6.87. The van der Waals surface area contributed by atoms with E-state index in [1.165, 1.54) is 11.3 Å². The van der Waals surface area contributed by atoms with E-state index in [0.29, 0.717) is 14.9 Å². The molecule has 2 N–H and O–H groups in total. The van der Waals surface area contributed by atoms with Gasteiger partial charge in [-0.2, -0.15) is 0 Å². The van der Waals surface area contributed by atoms with Gasteiger partial charge in [-0.05, 0) is 53.0 Å².